The molecule has 9 nitrogen and oxygen atoms in total. The van der Waals surface area contributed by atoms with Crippen molar-refractivity contribution in [3.05, 3.63) is 63.0 Å². The number of aliphatic hydroxyl groups is 1. The van der Waals surface area contributed by atoms with Crippen molar-refractivity contribution in [1.82, 2.24) is 0 Å². The maximum Gasteiger partial charge on any atom is 0.340 e. The van der Waals surface area contributed by atoms with Gasteiger partial charge < -0.3 is 34.2 Å². The Morgan fingerprint density at radius 1 is 1.29 bits per heavy atom. The van der Waals surface area contributed by atoms with E-state index in [4.69, 9.17) is 29.1 Å². The molecule has 0 unspecified atom stereocenters. The average molecular weight is 387 g/mol. The molecule has 0 aliphatic carbocycles. The second kappa shape index (κ2) is 6.93. The predicted molar refractivity (Wildman–Crippen MR) is 93.8 cm³/mol. The van der Waals surface area contributed by atoms with E-state index in [1.54, 1.807) is 25.1 Å². The minimum absolute atomic E-state index is 0.00791. The average Bonchev–Trinajstić information content (AvgIpc) is 3.15. The summed E-state index contributed by atoms with van der Waals surface area (Å²) in [6.07, 6.45) is 0. The van der Waals surface area contributed by atoms with Crippen LogP contribution in [0.2, 0.25) is 0 Å². The maximum absolute atomic E-state index is 12.6. The molecule has 1 atom stereocenters. The van der Waals surface area contributed by atoms with Gasteiger partial charge in [-0.3, -0.25) is 4.79 Å². The highest BCUT2D eigenvalue weighted by Crippen LogP contribution is 2.44. The van der Waals surface area contributed by atoms with Crippen molar-refractivity contribution < 1.29 is 33.3 Å². The van der Waals surface area contributed by atoms with Gasteiger partial charge in [-0.25, -0.2) is 4.79 Å². The van der Waals surface area contributed by atoms with Gasteiger partial charge in [-0.05, 0) is 24.6 Å². The Hall–Kier alpha value is -3.46. The second-order valence-electron chi connectivity index (χ2n) is 6.07. The molecule has 0 fully saturated rings. The number of aliphatic hydroxyl groups excluding tert-OH is 1. The van der Waals surface area contributed by atoms with Crippen LogP contribution in [0.5, 0.6) is 17.2 Å². The Labute approximate surface area is 158 Å². The molecule has 2 aliphatic rings. The van der Waals surface area contributed by atoms with Crippen molar-refractivity contribution in [1.29, 1.82) is 0 Å². The van der Waals surface area contributed by atoms with E-state index < -0.39 is 23.9 Å². The summed E-state index contributed by atoms with van der Waals surface area (Å²) in [5.41, 5.74) is 6.00. The number of hydrogen-bond acceptors (Lipinski definition) is 9. The fourth-order valence-corrected chi connectivity index (χ4v) is 3.20. The van der Waals surface area contributed by atoms with Gasteiger partial charge in [-0.2, -0.15) is 0 Å². The number of esters is 1. The van der Waals surface area contributed by atoms with Gasteiger partial charge in [0, 0.05) is 6.07 Å². The van der Waals surface area contributed by atoms with Gasteiger partial charge in [0.2, 0.25) is 23.9 Å². The molecule has 28 heavy (non-hydrogen) atoms. The van der Waals surface area contributed by atoms with E-state index in [1.165, 1.54) is 0 Å². The number of fused-ring (bicyclic) bond motifs is 2. The lowest BCUT2D eigenvalue weighted by Crippen LogP contribution is -2.30. The van der Waals surface area contributed by atoms with Crippen molar-refractivity contribution in [3.8, 4) is 17.2 Å². The molecule has 0 saturated carbocycles. The molecular formula is C19H17NO8. The number of rotatable bonds is 4. The third-order valence-electron chi connectivity index (χ3n) is 4.39. The first-order valence-corrected chi connectivity index (χ1v) is 8.55. The normalized spacial score (nSPS) is 17.1. The van der Waals surface area contributed by atoms with Gasteiger partial charge in [0.25, 0.3) is 0 Å². The fraction of sp³-hybridized carbons (Fsp3) is 0.263. The molecule has 1 aromatic heterocycles. The summed E-state index contributed by atoms with van der Waals surface area (Å²) < 4.78 is 26.9. The first-order chi connectivity index (χ1) is 13.5. The van der Waals surface area contributed by atoms with Gasteiger partial charge in [-0.1, -0.05) is 6.07 Å². The highest BCUT2D eigenvalue weighted by atomic mass is 16.7. The molecule has 0 saturated heterocycles. The summed E-state index contributed by atoms with van der Waals surface area (Å²) in [6.45, 7) is 1.36. The predicted octanol–water partition coefficient (Wildman–Crippen LogP) is 1.12. The number of nitrogens with two attached hydrogens (primary N) is 1. The fourth-order valence-electron chi connectivity index (χ4n) is 3.20. The van der Waals surface area contributed by atoms with Crippen LogP contribution in [0.25, 0.3) is 0 Å². The maximum atomic E-state index is 12.6. The van der Waals surface area contributed by atoms with E-state index in [0.717, 1.165) is 6.07 Å². The van der Waals surface area contributed by atoms with E-state index >= 15 is 0 Å². The van der Waals surface area contributed by atoms with Crippen LogP contribution in [0.15, 0.2) is 44.9 Å². The zero-order valence-electron chi connectivity index (χ0n) is 14.9. The van der Waals surface area contributed by atoms with Gasteiger partial charge in [0.05, 0.1) is 12.5 Å². The molecule has 9 heteroatoms. The molecule has 146 valence electrons. The summed E-state index contributed by atoms with van der Waals surface area (Å²) in [7, 11) is 0. The van der Waals surface area contributed by atoms with Crippen LogP contribution in [-0.4, -0.2) is 24.5 Å². The molecule has 0 bridgehead atoms. The van der Waals surface area contributed by atoms with E-state index in [9.17, 15) is 14.7 Å². The van der Waals surface area contributed by atoms with Crippen molar-refractivity contribution in [2.24, 2.45) is 5.73 Å². The first-order valence-electron chi connectivity index (χ1n) is 8.55. The van der Waals surface area contributed by atoms with Crippen LogP contribution in [-0.2, 0) is 16.1 Å². The number of carbonyl (C=O) groups excluding carboxylic acids is 1. The second-order valence-corrected chi connectivity index (χ2v) is 6.07. The number of benzene rings is 1. The summed E-state index contributed by atoms with van der Waals surface area (Å²) in [5, 5.41) is 9.42. The van der Waals surface area contributed by atoms with E-state index in [1.807, 2.05) is 0 Å². The van der Waals surface area contributed by atoms with E-state index in [0.29, 0.717) is 17.1 Å². The third-order valence-corrected chi connectivity index (χ3v) is 4.39. The van der Waals surface area contributed by atoms with Crippen LogP contribution in [0, 0.1) is 0 Å². The number of ether oxygens (including phenoxy) is 4. The quantitative estimate of drug-likeness (QED) is 0.741. The highest BCUT2D eigenvalue weighted by Gasteiger charge is 2.39. The van der Waals surface area contributed by atoms with Crippen LogP contribution in [0.3, 0.4) is 0 Å². The number of hydrogen-bond donors (Lipinski definition) is 2. The Morgan fingerprint density at radius 3 is 2.82 bits per heavy atom. The summed E-state index contributed by atoms with van der Waals surface area (Å²) in [5.74, 6) is -0.886. The van der Waals surface area contributed by atoms with Crippen molar-refractivity contribution in [2.75, 3.05) is 13.4 Å². The van der Waals surface area contributed by atoms with Crippen molar-refractivity contribution in [2.45, 2.75) is 19.4 Å². The molecule has 4 rings (SSSR count). The summed E-state index contributed by atoms with van der Waals surface area (Å²) in [4.78, 5) is 25.0. The molecule has 0 spiro atoms. The largest absolute Gasteiger partial charge is 0.462 e. The standard InChI is InChI=1S/C19H17NO8/c1-2-24-19(23)15-14(9-3-4-12-13(5-9)26-8-25-12)17-16(28-18(15)20)11(22)6-10(7-21)27-17/h3-6,14,21H,2,7-8,20H2,1H3/t14-/m0/s1. The smallest absolute Gasteiger partial charge is 0.340 e. The van der Waals surface area contributed by atoms with E-state index in [-0.39, 0.29) is 42.1 Å². The Morgan fingerprint density at radius 2 is 2.07 bits per heavy atom. The molecular weight excluding hydrogens is 370 g/mol. The lowest BCUT2D eigenvalue weighted by Gasteiger charge is -2.27. The van der Waals surface area contributed by atoms with Gasteiger partial charge in [-0.15, -0.1) is 0 Å². The third kappa shape index (κ3) is 2.85. The van der Waals surface area contributed by atoms with Crippen LogP contribution in [0.1, 0.15) is 29.9 Å². The first kappa shape index (κ1) is 17.9. The lowest BCUT2D eigenvalue weighted by molar-refractivity contribution is -0.139. The molecule has 0 radical (unpaired) electrons. The lowest BCUT2D eigenvalue weighted by atomic mass is 9.86. The molecule has 3 N–H and O–H groups in total. The van der Waals surface area contributed by atoms with Gasteiger partial charge in [0.15, 0.2) is 17.3 Å². The van der Waals surface area contributed by atoms with Crippen molar-refractivity contribution >= 4 is 5.97 Å². The summed E-state index contributed by atoms with van der Waals surface area (Å²) >= 11 is 0. The highest BCUT2D eigenvalue weighted by molar-refractivity contribution is 5.92. The zero-order chi connectivity index (χ0) is 19.8. The minimum Gasteiger partial charge on any atom is -0.462 e. The van der Waals surface area contributed by atoms with Gasteiger partial charge in [0.1, 0.15) is 17.9 Å². The van der Waals surface area contributed by atoms with Crippen molar-refractivity contribution in [3.63, 3.8) is 0 Å². The minimum atomic E-state index is -0.892. The Kier molecular flexibility index (Phi) is 4.44. The van der Waals surface area contributed by atoms with Gasteiger partial charge >= 0.3 is 5.97 Å². The monoisotopic (exact) mass is 387 g/mol. The van der Waals surface area contributed by atoms with Crippen LogP contribution >= 0.6 is 0 Å². The molecule has 0 amide bonds. The molecule has 2 aromatic rings. The molecule has 2 aliphatic heterocycles. The van der Waals surface area contributed by atoms with Crippen LogP contribution < -0.4 is 25.4 Å². The SMILES string of the molecule is CCOC(=O)C1=C(N)Oc2c(oc(CO)cc2=O)[C@H]1c1ccc2c(c1)OCO2. The summed E-state index contributed by atoms with van der Waals surface area (Å²) in [6, 6.07) is 6.16. The Balaban J connectivity index is 1.94. The topological polar surface area (TPSA) is 130 Å². The molecule has 1 aromatic carbocycles. The molecule has 3 heterocycles. The van der Waals surface area contributed by atoms with Crippen LogP contribution in [0.4, 0.5) is 0 Å². The zero-order valence-corrected chi connectivity index (χ0v) is 14.9. The Bertz CT molecular complexity index is 1040. The number of carbonyl (C=O) groups is 1. The van der Waals surface area contributed by atoms with E-state index in [2.05, 4.69) is 0 Å².